The number of rotatable bonds is 6. The molecule has 7 heteroatoms. The summed E-state index contributed by atoms with van der Waals surface area (Å²) in [5, 5.41) is 4.93. The number of thiocarbonyl (C=S) groups is 1. The van der Waals surface area contributed by atoms with Crippen LogP contribution in [0.25, 0.3) is 5.69 Å². The van der Waals surface area contributed by atoms with E-state index in [9.17, 15) is 0 Å². The van der Waals surface area contributed by atoms with E-state index in [1.807, 2.05) is 74.6 Å². The normalized spacial score (nSPS) is 17.5. The number of hydrogen-bond acceptors (Lipinski definition) is 3. The summed E-state index contributed by atoms with van der Waals surface area (Å²) in [4.78, 5) is 6.87. The quantitative estimate of drug-likeness (QED) is 0.277. The lowest BCUT2D eigenvalue weighted by Crippen LogP contribution is -2.29. The highest BCUT2D eigenvalue weighted by atomic mass is 35.5. The molecule has 0 unspecified atom stereocenters. The van der Waals surface area contributed by atoms with Gasteiger partial charge in [0.05, 0.1) is 34.6 Å². The van der Waals surface area contributed by atoms with Crippen molar-refractivity contribution in [2.75, 3.05) is 4.90 Å². The van der Waals surface area contributed by atoms with Gasteiger partial charge in [-0.05, 0) is 100 Å². The molecule has 0 amide bonds. The molecular weight excluding hydrogens is 488 g/mol. The van der Waals surface area contributed by atoms with E-state index in [2.05, 4.69) is 51.8 Å². The molecule has 2 aromatic carbocycles. The highest BCUT2D eigenvalue weighted by Gasteiger charge is 2.42. The van der Waals surface area contributed by atoms with E-state index in [1.54, 1.807) is 0 Å². The maximum atomic E-state index is 6.61. The molecule has 5 rings (SSSR count). The Morgan fingerprint density at radius 1 is 1.00 bits per heavy atom. The molecule has 0 aliphatic carbocycles. The summed E-state index contributed by atoms with van der Waals surface area (Å²) in [6.45, 7) is 8.30. The summed E-state index contributed by atoms with van der Waals surface area (Å²) in [7, 11) is 0. The zero-order valence-corrected chi connectivity index (χ0v) is 22.3. The molecule has 2 atom stereocenters. The van der Waals surface area contributed by atoms with Crippen LogP contribution >= 0.6 is 23.8 Å². The predicted octanol–water partition coefficient (Wildman–Crippen LogP) is 7.11. The van der Waals surface area contributed by atoms with Gasteiger partial charge in [0.25, 0.3) is 0 Å². The van der Waals surface area contributed by atoms with Crippen LogP contribution in [0.2, 0.25) is 5.02 Å². The Labute approximate surface area is 222 Å². The number of para-hydroxylation sites is 1. The van der Waals surface area contributed by atoms with Crippen molar-refractivity contribution in [3.63, 3.8) is 0 Å². The largest absolute Gasteiger partial charge is 0.491 e. The molecule has 1 fully saturated rings. The van der Waals surface area contributed by atoms with Crippen molar-refractivity contribution < 1.29 is 4.74 Å². The van der Waals surface area contributed by atoms with Crippen molar-refractivity contribution in [3.8, 4) is 11.4 Å². The number of aromatic nitrogens is 2. The number of anilines is 1. The van der Waals surface area contributed by atoms with Crippen LogP contribution in [0.5, 0.6) is 5.75 Å². The lowest BCUT2D eigenvalue weighted by molar-refractivity contribution is 0.242. The van der Waals surface area contributed by atoms with Crippen molar-refractivity contribution in [2.24, 2.45) is 0 Å². The van der Waals surface area contributed by atoms with Gasteiger partial charge >= 0.3 is 0 Å². The molecule has 36 heavy (non-hydrogen) atoms. The summed E-state index contributed by atoms with van der Waals surface area (Å²) >= 11 is 12.5. The standard InChI is InChI=1S/C29H29ClN4OS/c1-18(2)35-22-14-12-21(13-15-22)34-28(27(32-29(34)36)25-10-7-8-16-31-25)23-17-19(3)33(20(23)4)26-11-6-5-9-24(26)30/h5-18,27-28H,1-4H3,(H,32,36)/t27-,28-/m0/s1. The summed E-state index contributed by atoms with van der Waals surface area (Å²) in [5.41, 5.74) is 6.28. The van der Waals surface area contributed by atoms with E-state index in [0.29, 0.717) is 10.1 Å². The van der Waals surface area contributed by atoms with Crippen LogP contribution in [-0.2, 0) is 0 Å². The van der Waals surface area contributed by atoms with E-state index in [4.69, 9.17) is 28.6 Å². The molecule has 184 valence electrons. The number of ether oxygens (including phenoxy) is 1. The van der Waals surface area contributed by atoms with Gasteiger partial charge in [0.15, 0.2) is 5.11 Å². The van der Waals surface area contributed by atoms with Crippen LogP contribution in [0, 0.1) is 13.8 Å². The topological polar surface area (TPSA) is 42.3 Å². The molecule has 0 bridgehead atoms. The Bertz CT molecular complexity index is 1380. The van der Waals surface area contributed by atoms with Crippen LogP contribution in [0.1, 0.15) is 48.6 Å². The van der Waals surface area contributed by atoms with E-state index in [-0.39, 0.29) is 18.2 Å². The lowest BCUT2D eigenvalue weighted by Gasteiger charge is -2.28. The number of hydrogen-bond donors (Lipinski definition) is 1. The average molecular weight is 517 g/mol. The smallest absolute Gasteiger partial charge is 0.174 e. The molecule has 3 heterocycles. The molecule has 4 aromatic rings. The van der Waals surface area contributed by atoms with Crippen molar-refractivity contribution in [3.05, 3.63) is 107 Å². The number of nitrogens with one attached hydrogen (secondary N) is 1. The van der Waals surface area contributed by atoms with E-state index < -0.39 is 0 Å². The Kier molecular flexibility index (Phi) is 6.73. The summed E-state index contributed by atoms with van der Waals surface area (Å²) in [6, 6.07) is 24.0. The number of benzene rings is 2. The van der Waals surface area contributed by atoms with E-state index in [1.165, 1.54) is 0 Å². The molecule has 1 aliphatic heterocycles. The lowest BCUT2D eigenvalue weighted by atomic mass is 9.96. The molecule has 0 radical (unpaired) electrons. The van der Waals surface area contributed by atoms with Crippen molar-refractivity contribution >= 4 is 34.6 Å². The van der Waals surface area contributed by atoms with E-state index in [0.717, 1.165) is 39.8 Å². The predicted molar refractivity (Wildman–Crippen MR) is 150 cm³/mol. The fraction of sp³-hybridized carbons (Fsp3) is 0.241. The monoisotopic (exact) mass is 516 g/mol. The van der Waals surface area contributed by atoms with Gasteiger partial charge in [0.1, 0.15) is 5.75 Å². The van der Waals surface area contributed by atoms with Gasteiger partial charge in [-0.3, -0.25) is 4.98 Å². The van der Waals surface area contributed by atoms with Crippen LogP contribution in [-0.4, -0.2) is 20.8 Å². The Morgan fingerprint density at radius 2 is 1.72 bits per heavy atom. The van der Waals surface area contributed by atoms with Crippen molar-refractivity contribution in [1.82, 2.24) is 14.9 Å². The molecule has 2 aromatic heterocycles. The van der Waals surface area contributed by atoms with Crippen LogP contribution in [0.15, 0.2) is 79.0 Å². The first-order valence-electron chi connectivity index (χ1n) is 12.1. The van der Waals surface area contributed by atoms with Gasteiger partial charge in [-0.15, -0.1) is 0 Å². The van der Waals surface area contributed by atoms with E-state index >= 15 is 0 Å². The molecule has 0 saturated carbocycles. The highest BCUT2D eigenvalue weighted by molar-refractivity contribution is 7.80. The maximum Gasteiger partial charge on any atom is 0.174 e. The number of aryl methyl sites for hydroxylation is 1. The molecule has 1 N–H and O–H groups in total. The van der Waals surface area contributed by atoms with Gasteiger partial charge in [-0.25, -0.2) is 0 Å². The van der Waals surface area contributed by atoms with Gasteiger partial charge in [0.2, 0.25) is 0 Å². The second kappa shape index (κ2) is 9.96. The highest BCUT2D eigenvalue weighted by Crippen LogP contribution is 2.44. The fourth-order valence-electron chi connectivity index (χ4n) is 5.00. The summed E-state index contributed by atoms with van der Waals surface area (Å²) in [6.07, 6.45) is 1.94. The molecular formula is C29H29ClN4OS. The van der Waals surface area contributed by atoms with Crippen molar-refractivity contribution in [2.45, 2.75) is 45.9 Å². The third-order valence-electron chi connectivity index (χ3n) is 6.47. The molecule has 1 saturated heterocycles. The first-order chi connectivity index (χ1) is 17.3. The molecule has 5 nitrogen and oxygen atoms in total. The SMILES string of the molecule is Cc1cc([C@H]2[C@H](c3ccccn3)NC(=S)N2c2ccc(OC(C)C)cc2)c(C)n1-c1ccccc1Cl. The zero-order chi connectivity index (χ0) is 25.4. The summed E-state index contributed by atoms with van der Waals surface area (Å²) in [5.74, 6) is 0.835. The first-order valence-corrected chi connectivity index (χ1v) is 12.8. The van der Waals surface area contributed by atoms with Gasteiger partial charge < -0.3 is 19.5 Å². The Hall–Kier alpha value is -3.35. The van der Waals surface area contributed by atoms with Crippen LogP contribution < -0.4 is 15.0 Å². The average Bonchev–Trinajstić information content (AvgIpc) is 3.35. The van der Waals surface area contributed by atoms with Crippen LogP contribution in [0.3, 0.4) is 0 Å². The fourth-order valence-corrected chi connectivity index (χ4v) is 5.56. The second-order valence-electron chi connectivity index (χ2n) is 9.27. The molecule has 1 aliphatic rings. The Morgan fingerprint density at radius 3 is 2.39 bits per heavy atom. The third kappa shape index (κ3) is 4.47. The first kappa shape index (κ1) is 24.3. The van der Waals surface area contributed by atoms with Gasteiger partial charge in [-0.1, -0.05) is 29.8 Å². The third-order valence-corrected chi connectivity index (χ3v) is 7.10. The zero-order valence-electron chi connectivity index (χ0n) is 20.8. The number of halogens is 1. The summed E-state index contributed by atoms with van der Waals surface area (Å²) < 4.78 is 8.08. The maximum absolute atomic E-state index is 6.61. The Balaban J connectivity index is 1.64. The van der Waals surface area contributed by atoms with Gasteiger partial charge in [-0.2, -0.15) is 0 Å². The molecule has 0 spiro atoms. The number of nitrogens with zero attached hydrogens (tertiary/aromatic N) is 3. The van der Waals surface area contributed by atoms with Crippen LogP contribution in [0.4, 0.5) is 5.69 Å². The number of pyridine rings is 1. The minimum atomic E-state index is -0.120. The minimum Gasteiger partial charge on any atom is -0.491 e. The minimum absolute atomic E-state index is 0.105. The van der Waals surface area contributed by atoms with Crippen molar-refractivity contribution in [1.29, 1.82) is 0 Å². The second-order valence-corrected chi connectivity index (χ2v) is 10.1. The van der Waals surface area contributed by atoms with Gasteiger partial charge in [0, 0.05) is 23.3 Å².